The Balaban J connectivity index is 5.21. The van der Waals surface area contributed by atoms with Gasteiger partial charge in [-0.05, 0) is 31.6 Å². The molecule has 0 rings (SSSR count). The number of phosphoric acid groups is 2. The van der Waals surface area contributed by atoms with Crippen molar-refractivity contribution in [2.24, 2.45) is 5.92 Å². The van der Waals surface area contributed by atoms with Crippen molar-refractivity contribution in [1.29, 1.82) is 0 Å². The van der Waals surface area contributed by atoms with E-state index in [0.717, 1.165) is 109 Å². The Morgan fingerprint density at radius 3 is 0.840 bits per heavy atom. The molecule has 0 aromatic heterocycles. The lowest BCUT2D eigenvalue weighted by atomic mass is 10.0. The average molecular weight is 1200 g/mol. The van der Waals surface area contributed by atoms with Crippen molar-refractivity contribution in [1.82, 2.24) is 0 Å². The lowest BCUT2D eigenvalue weighted by Crippen LogP contribution is -2.30. The molecule has 19 heteroatoms. The Morgan fingerprint density at radius 2 is 0.568 bits per heavy atom. The molecule has 0 radical (unpaired) electrons. The van der Waals surface area contributed by atoms with E-state index in [-0.39, 0.29) is 25.7 Å². The maximum Gasteiger partial charge on any atom is 0.472 e. The quantitative estimate of drug-likeness (QED) is 0.0222. The van der Waals surface area contributed by atoms with Crippen LogP contribution < -0.4 is 0 Å². The van der Waals surface area contributed by atoms with Crippen LogP contribution in [0.5, 0.6) is 0 Å². The molecule has 0 aliphatic heterocycles. The molecule has 0 saturated carbocycles. The second kappa shape index (κ2) is 55.9. The van der Waals surface area contributed by atoms with E-state index in [9.17, 15) is 43.2 Å². The first-order chi connectivity index (χ1) is 39.0. The number of hydrogen-bond acceptors (Lipinski definition) is 15. The molecule has 81 heavy (non-hydrogen) atoms. The van der Waals surface area contributed by atoms with Gasteiger partial charge in [0.2, 0.25) is 0 Å². The third kappa shape index (κ3) is 56.9. The van der Waals surface area contributed by atoms with E-state index in [2.05, 4.69) is 34.6 Å². The molecule has 3 N–H and O–H groups in total. The van der Waals surface area contributed by atoms with Gasteiger partial charge < -0.3 is 33.8 Å². The fourth-order valence-corrected chi connectivity index (χ4v) is 10.8. The summed E-state index contributed by atoms with van der Waals surface area (Å²) in [5, 5.41) is 10.5. The number of aliphatic hydroxyl groups is 1. The van der Waals surface area contributed by atoms with Gasteiger partial charge in [0.05, 0.1) is 26.4 Å². The van der Waals surface area contributed by atoms with Crippen molar-refractivity contribution in [3.05, 3.63) is 0 Å². The van der Waals surface area contributed by atoms with Crippen LogP contribution in [0.4, 0.5) is 0 Å². The third-order valence-electron chi connectivity index (χ3n) is 14.3. The molecule has 0 fully saturated rings. The van der Waals surface area contributed by atoms with Gasteiger partial charge in [-0.25, -0.2) is 9.13 Å². The van der Waals surface area contributed by atoms with Crippen molar-refractivity contribution in [2.45, 2.75) is 329 Å². The number of rotatable bonds is 62. The third-order valence-corrected chi connectivity index (χ3v) is 16.2. The molecule has 0 aliphatic rings. The van der Waals surface area contributed by atoms with Crippen LogP contribution in [0.1, 0.15) is 311 Å². The van der Waals surface area contributed by atoms with Crippen LogP contribution in [0, 0.1) is 5.92 Å². The highest BCUT2D eigenvalue weighted by Crippen LogP contribution is 2.45. The summed E-state index contributed by atoms with van der Waals surface area (Å²) in [6.07, 6.45) is 39.0. The number of carbonyl (C=O) groups is 4. The van der Waals surface area contributed by atoms with Crippen LogP contribution in [0.15, 0.2) is 0 Å². The standard InChI is InChI=1S/C62H120O17P2/c1-6-9-12-15-18-20-22-23-27-31-36-41-46-60(65)73-52-58(79-62(67)48-43-38-33-28-24-25-30-34-39-44-55(4)5)54-77-81(70,71)75-50-56(63)49-74-80(68,69)76-53-57(51-72-59(64)45-40-35-29-17-14-11-8-3)78-61(66)47-42-37-32-26-21-19-16-13-10-7-2/h55-58,63H,6-54H2,1-5H3,(H,68,69)(H,70,71)/t56-,57+,58+/m0/s1. The Bertz CT molecular complexity index is 1580. The zero-order valence-corrected chi connectivity index (χ0v) is 53.7. The van der Waals surface area contributed by atoms with Crippen LogP contribution >= 0.6 is 15.6 Å². The fraction of sp³-hybridized carbons (Fsp3) is 0.935. The minimum atomic E-state index is -4.94. The molecule has 5 atom stereocenters. The molecule has 0 aliphatic carbocycles. The number of esters is 4. The summed E-state index contributed by atoms with van der Waals surface area (Å²) in [5.41, 5.74) is 0. The monoisotopic (exact) mass is 1200 g/mol. The van der Waals surface area contributed by atoms with Crippen LogP contribution in [-0.2, 0) is 65.4 Å². The average Bonchev–Trinajstić information content (AvgIpc) is 3.43. The number of aliphatic hydroxyl groups excluding tert-OH is 1. The van der Waals surface area contributed by atoms with E-state index in [4.69, 9.17) is 37.0 Å². The van der Waals surface area contributed by atoms with Crippen LogP contribution in [0.2, 0.25) is 0 Å². The Morgan fingerprint density at radius 1 is 0.333 bits per heavy atom. The second-order valence-corrected chi connectivity index (χ2v) is 25.8. The Kier molecular flexibility index (Phi) is 54.6. The Labute approximate surface area is 492 Å². The molecule has 0 aromatic rings. The van der Waals surface area contributed by atoms with Crippen molar-refractivity contribution in [3.63, 3.8) is 0 Å². The topological polar surface area (TPSA) is 237 Å². The first-order valence-corrected chi connectivity index (χ1v) is 35.6. The van der Waals surface area contributed by atoms with E-state index in [1.165, 1.54) is 122 Å². The van der Waals surface area contributed by atoms with Gasteiger partial charge in [0.1, 0.15) is 19.3 Å². The molecule has 0 bridgehead atoms. The predicted molar refractivity (Wildman–Crippen MR) is 322 cm³/mol. The predicted octanol–water partition coefficient (Wildman–Crippen LogP) is 17.0. The summed E-state index contributed by atoms with van der Waals surface area (Å²) < 4.78 is 67.8. The molecule has 0 heterocycles. The van der Waals surface area contributed by atoms with Crippen molar-refractivity contribution in [2.75, 3.05) is 39.6 Å². The highest BCUT2D eigenvalue weighted by Gasteiger charge is 2.30. The van der Waals surface area contributed by atoms with Crippen molar-refractivity contribution >= 4 is 39.5 Å². The van der Waals surface area contributed by atoms with E-state index in [1.807, 2.05) is 0 Å². The zero-order chi connectivity index (χ0) is 59.9. The lowest BCUT2D eigenvalue weighted by Gasteiger charge is -2.21. The van der Waals surface area contributed by atoms with Crippen LogP contribution in [0.3, 0.4) is 0 Å². The van der Waals surface area contributed by atoms with Crippen molar-refractivity contribution in [3.8, 4) is 0 Å². The summed E-state index contributed by atoms with van der Waals surface area (Å²) in [6, 6.07) is 0. The normalized spacial score (nSPS) is 14.3. The number of hydrogen-bond donors (Lipinski definition) is 3. The van der Waals surface area contributed by atoms with Crippen LogP contribution in [-0.4, -0.2) is 96.7 Å². The van der Waals surface area contributed by atoms with Gasteiger partial charge >= 0.3 is 39.5 Å². The summed E-state index contributed by atoms with van der Waals surface area (Å²) >= 11 is 0. The van der Waals surface area contributed by atoms with Crippen LogP contribution in [0.25, 0.3) is 0 Å². The van der Waals surface area contributed by atoms with Gasteiger partial charge in [0, 0.05) is 25.7 Å². The van der Waals surface area contributed by atoms with Gasteiger partial charge in [-0.2, -0.15) is 0 Å². The number of carbonyl (C=O) groups excluding carboxylic acids is 4. The molecule has 2 unspecified atom stereocenters. The zero-order valence-electron chi connectivity index (χ0n) is 51.9. The van der Waals surface area contributed by atoms with Crippen molar-refractivity contribution < 1.29 is 80.2 Å². The van der Waals surface area contributed by atoms with E-state index in [0.29, 0.717) is 25.7 Å². The number of phosphoric ester groups is 2. The van der Waals surface area contributed by atoms with Gasteiger partial charge in [-0.1, -0.05) is 259 Å². The van der Waals surface area contributed by atoms with E-state index < -0.39 is 97.5 Å². The summed E-state index contributed by atoms with van der Waals surface area (Å²) in [5.74, 6) is -1.40. The molecule has 0 amide bonds. The van der Waals surface area contributed by atoms with Gasteiger partial charge in [0.25, 0.3) is 0 Å². The van der Waals surface area contributed by atoms with Gasteiger partial charge in [0.15, 0.2) is 12.2 Å². The maximum absolute atomic E-state index is 13.0. The number of unbranched alkanes of at least 4 members (excludes halogenated alkanes) is 34. The minimum Gasteiger partial charge on any atom is -0.462 e. The molecule has 17 nitrogen and oxygen atoms in total. The first kappa shape index (κ1) is 79.1. The SMILES string of the molecule is CCCCCCCCCCCCCCC(=O)OC[C@H](COP(=O)(O)OC[C@@H](O)COP(=O)(O)OC[C@@H](COC(=O)CCCCCCCCC)OC(=O)CCCCCCCCCCCC)OC(=O)CCCCCCCCCCCC(C)C. The Hall–Kier alpha value is -1.94. The summed E-state index contributed by atoms with van der Waals surface area (Å²) in [4.78, 5) is 72.0. The maximum atomic E-state index is 13.0. The van der Waals surface area contributed by atoms with E-state index in [1.54, 1.807) is 0 Å². The molecular weight excluding hydrogens is 1080 g/mol. The summed E-state index contributed by atoms with van der Waals surface area (Å²) in [6.45, 7) is 7.11. The largest absolute Gasteiger partial charge is 0.472 e. The fourth-order valence-electron chi connectivity index (χ4n) is 9.23. The minimum absolute atomic E-state index is 0.106. The highest BCUT2D eigenvalue weighted by atomic mass is 31.2. The highest BCUT2D eigenvalue weighted by molar-refractivity contribution is 7.47. The van der Waals surface area contributed by atoms with Gasteiger partial charge in [-0.3, -0.25) is 37.3 Å². The first-order valence-electron chi connectivity index (χ1n) is 32.6. The second-order valence-electron chi connectivity index (χ2n) is 22.9. The molecular formula is C62H120O17P2. The molecule has 0 aromatic carbocycles. The lowest BCUT2D eigenvalue weighted by molar-refractivity contribution is -0.161. The molecule has 480 valence electrons. The number of ether oxygens (including phenoxy) is 4. The van der Waals surface area contributed by atoms with E-state index >= 15 is 0 Å². The molecule has 0 spiro atoms. The van der Waals surface area contributed by atoms with Gasteiger partial charge in [-0.15, -0.1) is 0 Å². The smallest absolute Gasteiger partial charge is 0.462 e. The summed E-state index contributed by atoms with van der Waals surface area (Å²) in [7, 11) is -9.88. The molecule has 0 saturated heterocycles.